The molecule has 1 aliphatic carbocycles. The van der Waals surface area contributed by atoms with Crippen LogP contribution in [0.15, 0.2) is 54.3 Å². The van der Waals surface area contributed by atoms with Gasteiger partial charge in [-0.3, -0.25) is 0 Å². The van der Waals surface area contributed by atoms with Crippen molar-refractivity contribution in [3.63, 3.8) is 0 Å². The number of hydrogen-bond acceptors (Lipinski definition) is 1. The first kappa shape index (κ1) is 10.7. The van der Waals surface area contributed by atoms with Gasteiger partial charge in [-0.1, -0.05) is 36.4 Å². The summed E-state index contributed by atoms with van der Waals surface area (Å²) in [5, 5.41) is 0. The van der Waals surface area contributed by atoms with E-state index in [1.54, 1.807) is 0 Å². The highest BCUT2D eigenvalue weighted by Crippen LogP contribution is 2.20. The Morgan fingerprint density at radius 1 is 1.19 bits per heavy atom. The third-order valence-corrected chi connectivity index (χ3v) is 2.59. The van der Waals surface area contributed by atoms with Crippen molar-refractivity contribution < 1.29 is 4.74 Å². The lowest BCUT2D eigenvalue weighted by molar-refractivity contribution is 0.472. The molecule has 0 atom stereocenters. The van der Waals surface area contributed by atoms with E-state index >= 15 is 0 Å². The Balaban J connectivity index is 2.12. The van der Waals surface area contributed by atoms with Gasteiger partial charge >= 0.3 is 0 Å². The van der Waals surface area contributed by atoms with Gasteiger partial charge in [0.25, 0.3) is 0 Å². The molecule has 1 heteroatoms. The Labute approximate surface area is 96.8 Å². The normalized spacial score (nSPS) is 16.8. The summed E-state index contributed by atoms with van der Waals surface area (Å²) >= 11 is 0. The molecule has 0 amide bonds. The SMILES string of the molecule is Cc1ccc(C)c(OC=C2C=CC=CC2)c1. The molecule has 0 aromatic heterocycles. The first-order valence-corrected chi connectivity index (χ1v) is 5.52. The largest absolute Gasteiger partial charge is 0.464 e. The van der Waals surface area contributed by atoms with E-state index in [0.29, 0.717) is 0 Å². The van der Waals surface area contributed by atoms with E-state index in [1.807, 2.05) is 12.3 Å². The van der Waals surface area contributed by atoms with E-state index in [0.717, 1.165) is 17.7 Å². The van der Waals surface area contributed by atoms with E-state index in [9.17, 15) is 0 Å². The quantitative estimate of drug-likeness (QED) is 0.671. The average molecular weight is 212 g/mol. The summed E-state index contributed by atoms with van der Waals surface area (Å²) < 4.78 is 5.71. The summed E-state index contributed by atoms with van der Waals surface area (Å²) in [5.74, 6) is 0.940. The summed E-state index contributed by atoms with van der Waals surface area (Å²) in [5.41, 5.74) is 3.58. The van der Waals surface area contributed by atoms with Gasteiger partial charge in [0.05, 0.1) is 6.26 Å². The molecule has 0 aliphatic heterocycles. The first-order valence-electron chi connectivity index (χ1n) is 5.52. The molecule has 0 bridgehead atoms. The monoisotopic (exact) mass is 212 g/mol. The highest BCUT2D eigenvalue weighted by Gasteiger charge is 1.99. The molecule has 1 aliphatic rings. The summed E-state index contributed by atoms with van der Waals surface area (Å²) in [4.78, 5) is 0. The molecule has 1 nitrogen and oxygen atoms in total. The van der Waals surface area contributed by atoms with E-state index < -0.39 is 0 Å². The fourth-order valence-electron chi connectivity index (χ4n) is 1.59. The molecular formula is C15H16O. The van der Waals surface area contributed by atoms with Crippen LogP contribution in [0.1, 0.15) is 17.5 Å². The Hall–Kier alpha value is -1.76. The van der Waals surface area contributed by atoms with Crippen LogP contribution in [-0.4, -0.2) is 0 Å². The smallest absolute Gasteiger partial charge is 0.129 e. The first-order chi connectivity index (χ1) is 7.75. The lowest BCUT2D eigenvalue weighted by Crippen LogP contribution is -1.90. The van der Waals surface area contributed by atoms with E-state index in [4.69, 9.17) is 4.74 Å². The molecular weight excluding hydrogens is 196 g/mol. The zero-order valence-electron chi connectivity index (χ0n) is 9.73. The average Bonchev–Trinajstić information content (AvgIpc) is 2.32. The maximum absolute atomic E-state index is 5.71. The standard InChI is InChI=1S/C15H16O/c1-12-8-9-13(2)15(10-12)16-11-14-6-4-3-5-7-14/h3-6,8-11H,7H2,1-2H3. The van der Waals surface area contributed by atoms with Crippen LogP contribution in [-0.2, 0) is 0 Å². The predicted molar refractivity (Wildman–Crippen MR) is 67.5 cm³/mol. The molecule has 0 unspecified atom stereocenters. The van der Waals surface area contributed by atoms with Crippen molar-refractivity contribution in [2.24, 2.45) is 0 Å². The van der Waals surface area contributed by atoms with Crippen molar-refractivity contribution in [2.75, 3.05) is 0 Å². The van der Waals surface area contributed by atoms with Crippen molar-refractivity contribution in [1.29, 1.82) is 0 Å². The van der Waals surface area contributed by atoms with Gasteiger partial charge in [-0.15, -0.1) is 0 Å². The second-order valence-electron chi connectivity index (χ2n) is 4.07. The van der Waals surface area contributed by atoms with Crippen LogP contribution < -0.4 is 4.74 Å². The van der Waals surface area contributed by atoms with Gasteiger partial charge in [0.15, 0.2) is 0 Å². The molecule has 2 rings (SSSR count). The van der Waals surface area contributed by atoms with E-state index in [2.05, 4.69) is 50.3 Å². The number of benzene rings is 1. The Bertz CT molecular complexity index is 464. The fourth-order valence-corrected chi connectivity index (χ4v) is 1.59. The minimum atomic E-state index is 0.940. The van der Waals surface area contributed by atoms with Crippen molar-refractivity contribution in [3.8, 4) is 5.75 Å². The minimum Gasteiger partial charge on any atom is -0.464 e. The van der Waals surface area contributed by atoms with Crippen LogP contribution in [0.5, 0.6) is 5.75 Å². The maximum atomic E-state index is 5.71. The number of ether oxygens (including phenoxy) is 1. The molecule has 0 saturated heterocycles. The van der Waals surface area contributed by atoms with Crippen molar-refractivity contribution >= 4 is 0 Å². The summed E-state index contributed by atoms with van der Waals surface area (Å²) in [6.45, 7) is 4.13. The molecule has 0 fully saturated rings. The van der Waals surface area contributed by atoms with Crippen molar-refractivity contribution in [3.05, 3.63) is 65.5 Å². The maximum Gasteiger partial charge on any atom is 0.129 e. The number of rotatable bonds is 2. The Morgan fingerprint density at radius 2 is 2.06 bits per heavy atom. The van der Waals surface area contributed by atoms with Crippen molar-refractivity contribution in [1.82, 2.24) is 0 Å². The van der Waals surface area contributed by atoms with Crippen LogP contribution in [0.2, 0.25) is 0 Å². The molecule has 0 saturated carbocycles. The number of allylic oxidation sites excluding steroid dienone is 5. The third kappa shape index (κ3) is 2.63. The summed E-state index contributed by atoms with van der Waals surface area (Å²) in [7, 11) is 0. The Kier molecular flexibility index (Phi) is 3.25. The summed E-state index contributed by atoms with van der Waals surface area (Å²) in [6.07, 6.45) is 11.1. The van der Waals surface area contributed by atoms with Gasteiger partial charge in [-0.05, 0) is 43.0 Å². The van der Waals surface area contributed by atoms with Gasteiger partial charge in [0.2, 0.25) is 0 Å². The van der Waals surface area contributed by atoms with Crippen LogP contribution >= 0.6 is 0 Å². The number of hydrogen-bond donors (Lipinski definition) is 0. The predicted octanol–water partition coefficient (Wildman–Crippen LogP) is 4.08. The molecule has 1 aromatic rings. The van der Waals surface area contributed by atoms with Gasteiger partial charge in [-0.2, -0.15) is 0 Å². The second kappa shape index (κ2) is 4.84. The van der Waals surface area contributed by atoms with Crippen molar-refractivity contribution in [2.45, 2.75) is 20.3 Å². The van der Waals surface area contributed by atoms with Crippen LogP contribution in [0.25, 0.3) is 0 Å². The molecule has 0 N–H and O–H groups in total. The van der Waals surface area contributed by atoms with Gasteiger partial charge < -0.3 is 4.74 Å². The molecule has 16 heavy (non-hydrogen) atoms. The molecule has 0 spiro atoms. The Morgan fingerprint density at radius 3 is 2.81 bits per heavy atom. The highest BCUT2D eigenvalue weighted by atomic mass is 16.5. The van der Waals surface area contributed by atoms with Crippen LogP contribution in [0, 0.1) is 13.8 Å². The topological polar surface area (TPSA) is 9.23 Å². The third-order valence-electron chi connectivity index (χ3n) is 2.59. The lowest BCUT2D eigenvalue weighted by atomic mass is 10.1. The molecule has 82 valence electrons. The van der Waals surface area contributed by atoms with E-state index in [-0.39, 0.29) is 0 Å². The molecule has 0 heterocycles. The zero-order chi connectivity index (χ0) is 11.4. The van der Waals surface area contributed by atoms with E-state index in [1.165, 1.54) is 11.1 Å². The van der Waals surface area contributed by atoms with Crippen LogP contribution in [0.4, 0.5) is 0 Å². The molecule has 1 aromatic carbocycles. The lowest BCUT2D eigenvalue weighted by Gasteiger charge is -2.07. The second-order valence-corrected chi connectivity index (χ2v) is 4.07. The van der Waals surface area contributed by atoms with Crippen LogP contribution in [0.3, 0.4) is 0 Å². The summed E-state index contributed by atoms with van der Waals surface area (Å²) in [6, 6.07) is 6.24. The van der Waals surface area contributed by atoms with Gasteiger partial charge in [0.1, 0.15) is 5.75 Å². The van der Waals surface area contributed by atoms with Gasteiger partial charge in [0, 0.05) is 0 Å². The zero-order valence-corrected chi connectivity index (χ0v) is 9.73. The molecule has 0 radical (unpaired) electrons. The fraction of sp³-hybridized carbons (Fsp3) is 0.200. The minimum absolute atomic E-state index is 0.940. The number of aryl methyl sites for hydroxylation is 2. The van der Waals surface area contributed by atoms with Gasteiger partial charge in [-0.25, -0.2) is 0 Å². The highest BCUT2D eigenvalue weighted by molar-refractivity contribution is 5.37.